The van der Waals surface area contributed by atoms with Gasteiger partial charge in [0.15, 0.2) is 5.65 Å². The van der Waals surface area contributed by atoms with Crippen LogP contribution in [-0.4, -0.2) is 29.5 Å². The molecule has 6 heteroatoms. The van der Waals surface area contributed by atoms with Crippen LogP contribution in [0.2, 0.25) is 0 Å². The molecule has 3 rings (SSSR count). The van der Waals surface area contributed by atoms with E-state index in [1.54, 1.807) is 18.7 Å². The molecular weight excluding hydrogens is 240 g/mol. The van der Waals surface area contributed by atoms with E-state index in [4.69, 9.17) is 0 Å². The smallest absolute Gasteiger partial charge is 0.163 e. The van der Waals surface area contributed by atoms with E-state index in [1.807, 2.05) is 13.8 Å². The average Bonchev–Trinajstić information content (AvgIpc) is 2.79. The first kappa shape index (κ1) is 11.7. The predicted octanol–water partition coefficient (Wildman–Crippen LogP) is 1.92. The minimum absolute atomic E-state index is 0.749. The standard InChI is InChI=1S/C13H14N6/c1-4-19-12(10-5-14-9(3)15-6-10)18-11-8(2)16-7-17-13(11)19/h5-7H,4H2,1-3H3. The molecule has 0 aliphatic heterocycles. The van der Waals surface area contributed by atoms with Crippen molar-refractivity contribution in [2.45, 2.75) is 27.3 Å². The maximum Gasteiger partial charge on any atom is 0.163 e. The summed E-state index contributed by atoms with van der Waals surface area (Å²) in [5.41, 5.74) is 3.46. The SMILES string of the molecule is CCn1c(-c2cnc(C)nc2)nc2c(C)ncnc21. The Morgan fingerprint density at radius 3 is 2.47 bits per heavy atom. The summed E-state index contributed by atoms with van der Waals surface area (Å²) in [6.07, 6.45) is 5.15. The second-order valence-electron chi connectivity index (χ2n) is 4.33. The summed E-state index contributed by atoms with van der Waals surface area (Å²) in [6.45, 7) is 6.65. The Balaban J connectivity index is 2.29. The molecule has 0 radical (unpaired) electrons. The Morgan fingerprint density at radius 2 is 1.79 bits per heavy atom. The van der Waals surface area contributed by atoms with Crippen LogP contribution in [0.4, 0.5) is 0 Å². The number of aryl methyl sites for hydroxylation is 3. The molecule has 6 nitrogen and oxygen atoms in total. The molecule has 0 saturated carbocycles. The highest BCUT2D eigenvalue weighted by molar-refractivity contribution is 5.78. The van der Waals surface area contributed by atoms with Crippen molar-refractivity contribution >= 4 is 11.2 Å². The maximum absolute atomic E-state index is 4.64. The quantitative estimate of drug-likeness (QED) is 0.698. The Labute approximate surface area is 110 Å². The maximum atomic E-state index is 4.64. The molecule has 0 fully saturated rings. The van der Waals surface area contributed by atoms with Crippen molar-refractivity contribution in [2.24, 2.45) is 0 Å². The van der Waals surface area contributed by atoms with E-state index in [0.717, 1.165) is 40.6 Å². The van der Waals surface area contributed by atoms with Crippen LogP contribution in [0.25, 0.3) is 22.6 Å². The molecule has 0 aliphatic carbocycles. The topological polar surface area (TPSA) is 69.4 Å². The van der Waals surface area contributed by atoms with Gasteiger partial charge in [-0.15, -0.1) is 0 Å². The fourth-order valence-electron chi connectivity index (χ4n) is 2.08. The first-order chi connectivity index (χ1) is 9.20. The van der Waals surface area contributed by atoms with Crippen molar-refractivity contribution in [3.63, 3.8) is 0 Å². The molecule has 0 spiro atoms. The van der Waals surface area contributed by atoms with Gasteiger partial charge in [-0.2, -0.15) is 0 Å². The zero-order valence-electron chi connectivity index (χ0n) is 11.1. The van der Waals surface area contributed by atoms with Crippen LogP contribution in [-0.2, 0) is 6.54 Å². The fraction of sp³-hybridized carbons (Fsp3) is 0.308. The van der Waals surface area contributed by atoms with E-state index in [-0.39, 0.29) is 0 Å². The number of nitrogens with zero attached hydrogens (tertiary/aromatic N) is 6. The van der Waals surface area contributed by atoms with Crippen molar-refractivity contribution < 1.29 is 0 Å². The first-order valence-corrected chi connectivity index (χ1v) is 6.17. The van der Waals surface area contributed by atoms with E-state index in [9.17, 15) is 0 Å². The largest absolute Gasteiger partial charge is 0.309 e. The van der Waals surface area contributed by atoms with Gasteiger partial charge in [-0.05, 0) is 20.8 Å². The summed E-state index contributed by atoms with van der Waals surface area (Å²) in [4.78, 5) is 21.6. The van der Waals surface area contributed by atoms with Crippen molar-refractivity contribution in [3.05, 3.63) is 30.2 Å². The molecule has 0 bridgehead atoms. The second-order valence-corrected chi connectivity index (χ2v) is 4.33. The molecule has 3 aromatic rings. The zero-order valence-corrected chi connectivity index (χ0v) is 11.1. The molecule has 96 valence electrons. The fourth-order valence-corrected chi connectivity index (χ4v) is 2.08. The molecule has 0 aromatic carbocycles. The molecule has 0 amide bonds. The lowest BCUT2D eigenvalue weighted by Crippen LogP contribution is -2.00. The normalized spacial score (nSPS) is 11.1. The lowest BCUT2D eigenvalue weighted by molar-refractivity contribution is 0.784. The van der Waals surface area contributed by atoms with Crippen LogP contribution in [0, 0.1) is 13.8 Å². The molecular formula is C13H14N6. The monoisotopic (exact) mass is 254 g/mol. The van der Waals surface area contributed by atoms with Crippen molar-refractivity contribution in [2.75, 3.05) is 0 Å². The van der Waals surface area contributed by atoms with Crippen LogP contribution in [0.15, 0.2) is 18.7 Å². The van der Waals surface area contributed by atoms with Crippen molar-refractivity contribution in [1.29, 1.82) is 0 Å². The second kappa shape index (κ2) is 4.38. The minimum Gasteiger partial charge on any atom is -0.309 e. The van der Waals surface area contributed by atoms with Gasteiger partial charge in [0.1, 0.15) is 23.5 Å². The summed E-state index contributed by atoms with van der Waals surface area (Å²) in [5, 5.41) is 0. The Kier molecular flexibility index (Phi) is 2.70. The van der Waals surface area contributed by atoms with Crippen LogP contribution in [0.1, 0.15) is 18.4 Å². The van der Waals surface area contributed by atoms with Crippen molar-refractivity contribution in [1.82, 2.24) is 29.5 Å². The summed E-state index contributed by atoms with van der Waals surface area (Å²) < 4.78 is 2.05. The van der Waals surface area contributed by atoms with Gasteiger partial charge in [-0.3, -0.25) is 0 Å². The highest BCUT2D eigenvalue weighted by atomic mass is 15.1. The third-order valence-electron chi connectivity index (χ3n) is 3.07. The minimum atomic E-state index is 0.749. The van der Waals surface area contributed by atoms with Gasteiger partial charge in [-0.1, -0.05) is 0 Å². The molecule has 0 saturated heterocycles. The third kappa shape index (κ3) is 1.85. The van der Waals surface area contributed by atoms with E-state index in [2.05, 4.69) is 36.4 Å². The summed E-state index contributed by atoms with van der Waals surface area (Å²) in [7, 11) is 0. The average molecular weight is 254 g/mol. The Hall–Kier alpha value is -2.37. The van der Waals surface area contributed by atoms with Gasteiger partial charge >= 0.3 is 0 Å². The Bertz CT molecular complexity index is 729. The number of imidazole rings is 1. The number of aromatic nitrogens is 6. The van der Waals surface area contributed by atoms with Gasteiger partial charge in [0.05, 0.1) is 11.3 Å². The highest BCUT2D eigenvalue weighted by Crippen LogP contribution is 2.23. The molecule has 3 aromatic heterocycles. The van der Waals surface area contributed by atoms with Crippen molar-refractivity contribution in [3.8, 4) is 11.4 Å². The van der Waals surface area contributed by atoms with E-state index in [1.165, 1.54) is 0 Å². The van der Waals surface area contributed by atoms with Gasteiger partial charge in [-0.25, -0.2) is 24.9 Å². The summed E-state index contributed by atoms with van der Waals surface area (Å²) in [6, 6.07) is 0. The molecule has 0 unspecified atom stereocenters. The van der Waals surface area contributed by atoms with E-state index in [0.29, 0.717) is 0 Å². The van der Waals surface area contributed by atoms with Crippen LogP contribution < -0.4 is 0 Å². The predicted molar refractivity (Wildman–Crippen MR) is 71.5 cm³/mol. The van der Waals surface area contributed by atoms with Gasteiger partial charge in [0.2, 0.25) is 0 Å². The molecule has 0 aliphatic rings. The molecule has 0 N–H and O–H groups in total. The molecule has 19 heavy (non-hydrogen) atoms. The number of hydrogen-bond donors (Lipinski definition) is 0. The number of hydrogen-bond acceptors (Lipinski definition) is 5. The summed E-state index contributed by atoms with van der Waals surface area (Å²) >= 11 is 0. The molecule has 0 atom stereocenters. The molecule has 3 heterocycles. The van der Waals surface area contributed by atoms with E-state index < -0.39 is 0 Å². The Morgan fingerprint density at radius 1 is 1.05 bits per heavy atom. The van der Waals surface area contributed by atoms with Gasteiger partial charge < -0.3 is 4.57 Å². The zero-order chi connectivity index (χ0) is 13.4. The summed E-state index contributed by atoms with van der Waals surface area (Å²) in [5.74, 6) is 1.58. The van der Waals surface area contributed by atoms with E-state index >= 15 is 0 Å². The lowest BCUT2D eigenvalue weighted by Gasteiger charge is -2.04. The highest BCUT2D eigenvalue weighted by Gasteiger charge is 2.14. The first-order valence-electron chi connectivity index (χ1n) is 6.17. The van der Waals surface area contributed by atoms with Gasteiger partial charge in [0.25, 0.3) is 0 Å². The van der Waals surface area contributed by atoms with Crippen LogP contribution >= 0.6 is 0 Å². The lowest BCUT2D eigenvalue weighted by atomic mass is 10.3. The third-order valence-corrected chi connectivity index (χ3v) is 3.07. The number of fused-ring (bicyclic) bond motifs is 1. The number of rotatable bonds is 2. The van der Waals surface area contributed by atoms with Crippen LogP contribution in [0.5, 0.6) is 0 Å². The van der Waals surface area contributed by atoms with Gasteiger partial charge in [0, 0.05) is 18.9 Å². The van der Waals surface area contributed by atoms with Crippen LogP contribution in [0.3, 0.4) is 0 Å².